The Balaban J connectivity index is 3.10. The van der Waals surface area contributed by atoms with Crippen LogP contribution in [0.1, 0.15) is 22.8 Å². The SMILES string of the molecule is CC(CBr)(CBr)NC(=O)c1cc(C(F)(F)F)ccc1F. The molecule has 1 rings (SSSR count). The lowest BCUT2D eigenvalue weighted by Crippen LogP contribution is -2.49. The van der Waals surface area contributed by atoms with E-state index in [2.05, 4.69) is 37.2 Å². The number of hydrogen-bond donors (Lipinski definition) is 1. The minimum Gasteiger partial charge on any atom is -0.345 e. The van der Waals surface area contributed by atoms with E-state index in [0.717, 1.165) is 0 Å². The van der Waals surface area contributed by atoms with E-state index in [0.29, 0.717) is 28.9 Å². The largest absolute Gasteiger partial charge is 0.416 e. The van der Waals surface area contributed by atoms with Crippen molar-refractivity contribution in [3.8, 4) is 0 Å². The minimum atomic E-state index is -4.63. The second-order valence-corrected chi connectivity index (χ2v) is 5.60. The first-order valence-corrected chi connectivity index (χ1v) is 7.68. The van der Waals surface area contributed by atoms with Gasteiger partial charge in [-0.1, -0.05) is 31.9 Å². The Kier molecular flexibility index (Phi) is 5.60. The van der Waals surface area contributed by atoms with E-state index in [1.54, 1.807) is 6.92 Å². The van der Waals surface area contributed by atoms with Crippen LogP contribution >= 0.6 is 31.9 Å². The number of alkyl halides is 5. The van der Waals surface area contributed by atoms with Gasteiger partial charge in [0.25, 0.3) is 5.91 Å². The van der Waals surface area contributed by atoms with Crippen molar-refractivity contribution in [2.75, 3.05) is 10.7 Å². The summed E-state index contributed by atoms with van der Waals surface area (Å²) < 4.78 is 51.2. The zero-order chi connectivity index (χ0) is 15.6. The normalized spacial score (nSPS) is 12.3. The molecule has 0 fully saturated rings. The molecular weight excluding hydrogens is 410 g/mol. The summed E-state index contributed by atoms with van der Waals surface area (Å²) in [6.45, 7) is 1.67. The Bertz CT molecular complexity index is 501. The van der Waals surface area contributed by atoms with Gasteiger partial charge in [0.2, 0.25) is 0 Å². The Morgan fingerprint density at radius 3 is 2.25 bits per heavy atom. The molecule has 8 heteroatoms. The molecule has 0 aliphatic heterocycles. The van der Waals surface area contributed by atoms with E-state index in [1.165, 1.54) is 0 Å². The molecule has 2 nitrogen and oxygen atoms in total. The number of rotatable bonds is 4. The maximum atomic E-state index is 13.5. The molecule has 1 aromatic carbocycles. The number of nitrogens with one attached hydrogen (secondary N) is 1. The predicted octanol–water partition coefficient (Wildman–Crippen LogP) is 4.12. The van der Waals surface area contributed by atoms with Crippen LogP contribution in [0.15, 0.2) is 18.2 Å². The number of amides is 1. The fourth-order valence-electron chi connectivity index (χ4n) is 1.32. The topological polar surface area (TPSA) is 29.1 Å². The molecule has 0 bridgehead atoms. The van der Waals surface area contributed by atoms with Crippen LogP contribution in [0.2, 0.25) is 0 Å². The Morgan fingerprint density at radius 1 is 1.25 bits per heavy atom. The van der Waals surface area contributed by atoms with Crippen molar-refractivity contribution in [3.63, 3.8) is 0 Å². The summed E-state index contributed by atoms with van der Waals surface area (Å²) in [6, 6.07) is 1.74. The van der Waals surface area contributed by atoms with Gasteiger partial charge in [0, 0.05) is 10.7 Å². The van der Waals surface area contributed by atoms with Crippen molar-refractivity contribution >= 4 is 37.8 Å². The zero-order valence-corrected chi connectivity index (χ0v) is 13.5. The molecule has 0 heterocycles. The van der Waals surface area contributed by atoms with Crippen LogP contribution in [0.3, 0.4) is 0 Å². The fraction of sp³-hybridized carbons (Fsp3) is 0.417. The van der Waals surface area contributed by atoms with Crippen molar-refractivity contribution < 1.29 is 22.4 Å². The van der Waals surface area contributed by atoms with Gasteiger partial charge in [-0.15, -0.1) is 0 Å². The summed E-state index contributed by atoms with van der Waals surface area (Å²) in [4.78, 5) is 11.9. The van der Waals surface area contributed by atoms with Gasteiger partial charge in [0.05, 0.1) is 16.7 Å². The highest BCUT2D eigenvalue weighted by Crippen LogP contribution is 2.30. The number of carbonyl (C=O) groups is 1. The van der Waals surface area contributed by atoms with Crippen molar-refractivity contribution in [1.29, 1.82) is 0 Å². The highest BCUT2D eigenvalue weighted by Gasteiger charge is 2.33. The van der Waals surface area contributed by atoms with E-state index in [1.807, 2.05) is 0 Å². The third-order valence-electron chi connectivity index (χ3n) is 2.54. The smallest absolute Gasteiger partial charge is 0.345 e. The number of hydrogen-bond acceptors (Lipinski definition) is 1. The molecule has 0 radical (unpaired) electrons. The quantitative estimate of drug-likeness (QED) is 0.576. The molecule has 1 amide bonds. The van der Waals surface area contributed by atoms with Crippen LogP contribution in [-0.2, 0) is 6.18 Å². The lowest BCUT2D eigenvalue weighted by molar-refractivity contribution is -0.137. The van der Waals surface area contributed by atoms with E-state index >= 15 is 0 Å². The maximum absolute atomic E-state index is 13.5. The lowest BCUT2D eigenvalue weighted by Gasteiger charge is -2.26. The van der Waals surface area contributed by atoms with E-state index in [-0.39, 0.29) is 0 Å². The molecule has 0 spiro atoms. The molecular formula is C12H11Br2F4NO. The average Bonchev–Trinajstić information content (AvgIpc) is 2.37. The molecule has 0 unspecified atom stereocenters. The molecule has 112 valence electrons. The average molecular weight is 421 g/mol. The van der Waals surface area contributed by atoms with Crippen LogP contribution in [0, 0.1) is 5.82 Å². The zero-order valence-electron chi connectivity index (χ0n) is 10.3. The van der Waals surface area contributed by atoms with E-state index in [4.69, 9.17) is 0 Å². The maximum Gasteiger partial charge on any atom is 0.416 e. The van der Waals surface area contributed by atoms with Gasteiger partial charge in [-0.05, 0) is 25.1 Å². The van der Waals surface area contributed by atoms with Gasteiger partial charge in [-0.25, -0.2) is 4.39 Å². The molecule has 0 atom stereocenters. The van der Waals surface area contributed by atoms with Crippen molar-refractivity contribution in [1.82, 2.24) is 5.32 Å². The Hall–Kier alpha value is -0.630. The van der Waals surface area contributed by atoms with Gasteiger partial charge in [0.15, 0.2) is 0 Å². The summed E-state index contributed by atoms with van der Waals surface area (Å²) in [7, 11) is 0. The van der Waals surface area contributed by atoms with Gasteiger partial charge in [-0.2, -0.15) is 13.2 Å². The van der Waals surface area contributed by atoms with Gasteiger partial charge >= 0.3 is 6.18 Å². The molecule has 0 saturated carbocycles. The van der Waals surface area contributed by atoms with Gasteiger partial charge in [-0.3, -0.25) is 4.79 Å². The second-order valence-electron chi connectivity index (χ2n) is 4.47. The van der Waals surface area contributed by atoms with Crippen LogP contribution in [0.25, 0.3) is 0 Å². The molecule has 1 aromatic rings. The van der Waals surface area contributed by atoms with Crippen molar-refractivity contribution in [2.45, 2.75) is 18.6 Å². The number of benzene rings is 1. The predicted molar refractivity (Wildman–Crippen MR) is 74.9 cm³/mol. The van der Waals surface area contributed by atoms with Crippen LogP contribution in [-0.4, -0.2) is 22.1 Å². The molecule has 20 heavy (non-hydrogen) atoms. The second kappa shape index (κ2) is 6.43. The lowest BCUT2D eigenvalue weighted by atomic mass is 10.1. The third-order valence-corrected chi connectivity index (χ3v) is 5.02. The summed E-state index contributed by atoms with van der Waals surface area (Å²) in [5, 5.41) is 3.21. The van der Waals surface area contributed by atoms with E-state index < -0.39 is 34.6 Å². The Morgan fingerprint density at radius 2 is 1.80 bits per heavy atom. The molecule has 0 saturated heterocycles. The summed E-state index contributed by atoms with van der Waals surface area (Å²) >= 11 is 6.36. The van der Waals surface area contributed by atoms with Crippen LogP contribution < -0.4 is 5.32 Å². The van der Waals surface area contributed by atoms with E-state index in [9.17, 15) is 22.4 Å². The van der Waals surface area contributed by atoms with Crippen molar-refractivity contribution in [3.05, 3.63) is 35.1 Å². The van der Waals surface area contributed by atoms with Crippen molar-refractivity contribution in [2.24, 2.45) is 0 Å². The third kappa shape index (κ3) is 4.18. The number of carbonyl (C=O) groups excluding carboxylic acids is 1. The molecule has 0 aromatic heterocycles. The molecule has 0 aliphatic carbocycles. The highest BCUT2D eigenvalue weighted by atomic mass is 79.9. The molecule has 1 N–H and O–H groups in total. The monoisotopic (exact) mass is 419 g/mol. The summed E-state index contributed by atoms with van der Waals surface area (Å²) in [5.41, 5.74) is -2.44. The van der Waals surface area contributed by atoms with Crippen LogP contribution in [0.5, 0.6) is 0 Å². The minimum absolute atomic E-state index is 0.359. The first-order chi connectivity index (χ1) is 9.13. The number of halogens is 6. The Labute approximate surface area is 130 Å². The first-order valence-electron chi connectivity index (χ1n) is 5.44. The summed E-state index contributed by atoms with van der Waals surface area (Å²) in [6.07, 6.45) is -4.63. The fourth-order valence-corrected chi connectivity index (χ4v) is 2.53. The first kappa shape index (κ1) is 17.4. The summed E-state index contributed by atoms with van der Waals surface area (Å²) in [5.74, 6) is -1.89. The molecule has 0 aliphatic rings. The van der Waals surface area contributed by atoms with Gasteiger partial charge < -0.3 is 5.32 Å². The standard InChI is InChI=1S/C12H11Br2F4NO/c1-11(5-13,6-14)19-10(20)8-4-7(12(16,17)18)2-3-9(8)15/h2-4H,5-6H2,1H3,(H,19,20). The van der Waals surface area contributed by atoms with Crippen LogP contribution in [0.4, 0.5) is 17.6 Å². The van der Waals surface area contributed by atoms with Gasteiger partial charge in [0.1, 0.15) is 5.82 Å². The highest BCUT2D eigenvalue weighted by molar-refractivity contribution is 9.09.